The van der Waals surface area contributed by atoms with Crippen LogP contribution in [0.1, 0.15) is 19.8 Å². The molecule has 1 saturated heterocycles. The van der Waals surface area contributed by atoms with Crippen LogP contribution in [0.3, 0.4) is 0 Å². The minimum absolute atomic E-state index is 0.0799. The third kappa shape index (κ3) is 4.93. The van der Waals surface area contributed by atoms with Crippen molar-refractivity contribution in [1.82, 2.24) is 15.5 Å². The Morgan fingerprint density at radius 1 is 1.23 bits per heavy atom. The SMILES string of the molecule is CCNC(=NCC(=O)N1CCCC1)NCCOc1ccc2c(c1)OCO2. The number of hydrogen-bond acceptors (Lipinski definition) is 5. The van der Waals surface area contributed by atoms with Gasteiger partial charge in [0.05, 0.1) is 6.54 Å². The summed E-state index contributed by atoms with van der Waals surface area (Å²) < 4.78 is 16.3. The molecule has 142 valence electrons. The number of carbonyl (C=O) groups excluding carboxylic acids is 1. The predicted molar refractivity (Wildman–Crippen MR) is 97.9 cm³/mol. The summed E-state index contributed by atoms with van der Waals surface area (Å²) in [5.41, 5.74) is 0. The highest BCUT2D eigenvalue weighted by Crippen LogP contribution is 2.34. The Morgan fingerprint density at radius 3 is 2.85 bits per heavy atom. The van der Waals surface area contributed by atoms with Crippen LogP contribution in [0, 0.1) is 0 Å². The summed E-state index contributed by atoms with van der Waals surface area (Å²) in [6, 6.07) is 5.50. The van der Waals surface area contributed by atoms with Crippen LogP contribution in [0.15, 0.2) is 23.2 Å². The van der Waals surface area contributed by atoms with Gasteiger partial charge in [0, 0.05) is 25.7 Å². The number of aliphatic imine (C=N–C) groups is 1. The lowest BCUT2D eigenvalue weighted by Gasteiger charge is -2.15. The Bertz CT molecular complexity index is 644. The Balaban J connectivity index is 1.41. The molecular weight excluding hydrogens is 336 g/mol. The number of guanidine groups is 1. The lowest BCUT2D eigenvalue weighted by molar-refractivity contribution is -0.128. The topological polar surface area (TPSA) is 84.4 Å². The highest BCUT2D eigenvalue weighted by molar-refractivity contribution is 5.85. The molecule has 0 atom stereocenters. The van der Waals surface area contributed by atoms with Gasteiger partial charge >= 0.3 is 0 Å². The highest BCUT2D eigenvalue weighted by atomic mass is 16.7. The third-order valence-electron chi connectivity index (χ3n) is 4.18. The molecule has 2 heterocycles. The van der Waals surface area contributed by atoms with E-state index in [9.17, 15) is 4.79 Å². The van der Waals surface area contributed by atoms with E-state index in [-0.39, 0.29) is 19.2 Å². The largest absolute Gasteiger partial charge is 0.492 e. The first-order chi connectivity index (χ1) is 12.8. The molecule has 8 heteroatoms. The number of likely N-dealkylation sites (tertiary alicyclic amines) is 1. The molecular formula is C18H26N4O4. The first-order valence-corrected chi connectivity index (χ1v) is 9.08. The number of amides is 1. The highest BCUT2D eigenvalue weighted by Gasteiger charge is 2.17. The molecule has 1 aromatic rings. The van der Waals surface area contributed by atoms with Crippen LogP contribution in [-0.2, 0) is 4.79 Å². The second-order valence-electron chi connectivity index (χ2n) is 6.07. The second-order valence-corrected chi connectivity index (χ2v) is 6.07. The third-order valence-corrected chi connectivity index (χ3v) is 4.18. The second kappa shape index (κ2) is 9.17. The molecule has 3 rings (SSSR count). The molecule has 1 amide bonds. The molecule has 0 unspecified atom stereocenters. The summed E-state index contributed by atoms with van der Waals surface area (Å²) in [7, 11) is 0. The van der Waals surface area contributed by atoms with Gasteiger partial charge in [0.1, 0.15) is 18.9 Å². The lowest BCUT2D eigenvalue weighted by atomic mass is 10.3. The molecule has 0 radical (unpaired) electrons. The number of nitrogens with zero attached hydrogens (tertiary/aromatic N) is 2. The van der Waals surface area contributed by atoms with Gasteiger partial charge in [-0.2, -0.15) is 0 Å². The van der Waals surface area contributed by atoms with E-state index in [0.717, 1.165) is 44.0 Å². The quantitative estimate of drug-likeness (QED) is 0.427. The Hall–Kier alpha value is -2.64. The van der Waals surface area contributed by atoms with Gasteiger partial charge in [-0.15, -0.1) is 0 Å². The first kappa shape index (κ1) is 18.2. The molecule has 0 spiro atoms. The molecule has 2 N–H and O–H groups in total. The molecule has 2 aliphatic heterocycles. The van der Waals surface area contributed by atoms with Crippen molar-refractivity contribution in [2.45, 2.75) is 19.8 Å². The van der Waals surface area contributed by atoms with Crippen LogP contribution >= 0.6 is 0 Å². The minimum atomic E-state index is 0.0799. The maximum absolute atomic E-state index is 12.1. The fourth-order valence-corrected chi connectivity index (χ4v) is 2.86. The molecule has 2 aliphatic rings. The van der Waals surface area contributed by atoms with Gasteiger partial charge in [0.15, 0.2) is 17.5 Å². The van der Waals surface area contributed by atoms with Crippen LogP contribution in [-0.4, -0.2) is 62.9 Å². The van der Waals surface area contributed by atoms with Gasteiger partial charge in [-0.3, -0.25) is 4.79 Å². The summed E-state index contributed by atoms with van der Waals surface area (Å²) in [4.78, 5) is 18.3. The summed E-state index contributed by atoms with van der Waals surface area (Å²) in [5, 5.41) is 6.31. The zero-order valence-corrected chi connectivity index (χ0v) is 15.1. The zero-order chi connectivity index (χ0) is 18.2. The Labute approximate surface area is 153 Å². The average Bonchev–Trinajstić information content (AvgIpc) is 3.34. The van der Waals surface area contributed by atoms with Crippen LogP contribution in [0.4, 0.5) is 0 Å². The van der Waals surface area contributed by atoms with E-state index in [4.69, 9.17) is 14.2 Å². The van der Waals surface area contributed by atoms with Crippen molar-refractivity contribution in [3.63, 3.8) is 0 Å². The monoisotopic (exact) mass is 362 g/mol. The number of nitrogens with one attached hydrogen (secondary N) is 2. The van der Waals surface area contributed by atoms with Gasteiger partial charge in [-0.05, 0) is 31.9 Å². The van der Waals surface area contributed by atoms with Crippen molar-refractivity contribution >= 4 is 11.9 Å². The Morgan fingerprint density at radius 2 is 2.04 bits per heavy atom. The average molecular weight is 362 g/mol. The van der Waals surface area contributed by atoms with Crippen molar-refractivity contribution in [2.75, 3.05) is 46.1 Å². The Kier molecular flexibility index (Phi) is 6.40. The maximum Gasteiger partial charge on any atom is 0.244 e. The van der Waals surface area contributed by atoms with Crippen LogP contribution in [0.25, 0.3) is 0 Å². The number of carbonyl (C=O) groups is 1. The van der Waals surface area contributed by atoms with E-state index in [1.165, 1.54) is 0 Å². The molecule has 0 aliphatic carbocycles. The number of rotatable bonds is 7. The standard InChI is InChI=1S/C18H26N4O4/c1-2-19-18(21-12-17(23)22-8-3-4-9-22)20-7-10-24-14-5-6-15-16(11-14)26-13-25-15/h5-6,11H,2-4,7-10,12-13H2,1H3,(H2,19,20,21). The van der Waals surface area contributed by atoms with Crippen LogP contribution < -0.4 is 24.8 Å². The normalized spacial score (nSPS) is 15.9. The maximum atomic E-state index is 12.1. The van der Waals surface area contributed by atoms with E-state index in [2.05, 4.69) is 15.6 Å². The zero-order valence-electron chi connectivity index (χ0n) is 15.1. The van der Waals surface area contributed by atoms with E-state index in [1.807, 2.05) is 30.0 Å². The number of hydrogen-bond donors (Lipinski definition) is 2. The fourth-order valence-electron chi connectivity index (χ4n) is 2.86. The molecule has 26 heavy (non-hydrogen) atoms. The summed E-state index contributed by atoms with van der Waals surface area (Å²) in [6.45, 7) is 5.86. The van der Waals surface area contributed by atoms with E-state index in [1.54, 1.807) is 0 Å². The van der Waals surface area contributed by atoms with E-state index < -0.39 is 0 Å². The van der Waals surface area contributed by atoms with Gasteiger partial charge < -0.3 is 29.7 Å². The number of benzene rings is 1. The molecule has 0 aromatic heterocycles. The fraction of sp³-hybridized carbons (Fsp3) is 0.556. The van der Waals surface area contributed by atoms with Gasteiger partial charge in [-0.25, -0.2) is 4.99 Å². The molecule has 1 aromatic carbocycles. The van der Waals surface area contributed by atoms with Crippen LogP contribution in [0.5, 0.6) is 17.2 Å². The smallest absolute Gasteiger partial charge is 0.244 e. The minimum Gasteiger partial charge on any atom is -0.492 e. The van der Waals surface area contributed by atoms with Crippen molar-refractivity contribution in [3.8, 4) is 17.2 Å². The predicted octanol–water partition coefficient (Wildman–Crippen LogP) is 0.972. The van der Waals surface area contributed by atoms with Crippen molar-refractivity contribution in [1.29, 1.82) is 0 Å². The van der Waals surface area contributed by atoms with Crippen molar-refractivity contribution in [3.05, 3.63) is 18.2 Å². The number of ether oxygens (including phenoxy) is 3. The van der Waals surface area contributed by atoms with E-state index in [0.29, 0.717) is 24.9 Å². The van der Waals surface area contributed by atoms with Gasteiger partial charge in [0.25, 0.3) is 0 Å². The summed E-state index contributed by atoms with van der Waals surface area (Å²) >= 11 is 0. The van der Waals surface area contributed by atoms with Gasteiger partial charge in [-0.1, -0.05) is 0 Å². The summed E-state index contributed by atoms with van der Waals surface area (Å²) in [6.07, 6.45) is 2.18. The van der Waals surface area contributed by atoms with Crippen molar-refractivity contribution < 1.29 is 19.0 Å². The number of fused-ring (bicyclic) bond motifs is 1. The molecule has 8 nitrogen and oxygen atoms in total. The summed E-state index contributed by atoms with van der Waals surface area (Å²) in [5.74, 6) is 2.86. The lowest BCUT2D eigenvalue weighted by Crippen LogP contribution is -2.40. The first-order valence-electron chi connectivity index (χ1n) is 9.08. The molecule has 0 saturated carbocycles. The van der Waals surface area contributed by atoms with Gasteiger partial charge in [0.2, 0.25) is 12.7 Å². The molecule has 1 fully saturated rings. The van der Waals surface area contributed by atoms with Crippen molar-refractivity contribution in [2.24, 2.45) is 4.99 Å². The molecule has 0 bridgehead atoms. The van der Waals surface area contributed by atoms with E-state index >= 15 is 0 Å². The van der Waals surface area contributed by atoms with Crippen LogP contribution in [0.2, 0.25) is 0 Å².